The average Bonchev–Trinajstić information content (AvgIpc) is 2.47. The molecule has 0 bridgehead atoms. The van der Waals surface area contributed by atoms with Crippen LogP contribution in [-0.4, -0.2) is 29.2 Å². The van der Waals surface area contributed by atoms with E-state index in [0.29, 0.717) is 16.5 Å². The molecule has 0 N–H and O–H groups in total. The Morgan fingerprint density at radius 1 is 1.00 bits per heavy atom. The lowest BCUT2D eigenvalue weighted by molar-refractivity contribution is -0.305. The number of nitrogens with zero attached hydrogens (tertiary/aromatic N) is 1. The Morgan fingerprint density at radius 2 is 1.57 bits per heavy atom. The molecule has 0 spiro atoms. The minimum Gasteiger partial charge on any atom is -0.550 e. The van der Waals surface area contributed by atoms with E-state index in [1.807, 2.05) is 12.1 Å². The quantitative estimate of drug-likeness (QED) is 0.783. The fourth-order valence-electron chi connectivity index (χ4n) is 2.67. The van der Waals surface area contributed by atoms with Crippen LogP contribution in [0.1, 0.15) is 33.6 Å². The number of hydrogen-bond donors (Lipinski definition) is 0. The molecule has 0 radical (unpaired) electrons. The van der Waals surface area contributed by atoms with Gasteiger partial charge in [0.25, 0.3) is 11.8 Å². The second kappa shape index (κ2) is 5.01. The van der Waals surface area contributed by atoms with E-state index in [0.717, 1.165) is 10.3 Å². The normalized spacial score (nSPS) is 13.8. The van der Waals surface area contributed by atoms with Gasteiger partial charge in [0.1, 0.15) is 0 Å². The Kier molecular flexibility index (Phi) is 3.17. The van der Waals surface area contributed by atoms with Crippen molar-refractivity contribution in [3.05, 3.63) is 47.5 Å². The van der Waals surface area contributed by atoms with E-state index >= 15 is 0 Å². The number of benzene rings is 2. The van der Waals surface area contributed by atoms with Crippen molar-refractivity contribution in [1.82, 2.24) is 4.90 Å². The largest absolute Gasteiger partial charge is 0.550 e. The minimum atomic E-state index is -1.19. The van der Waals surface area contributed by atoms with Crippen LogP contribution < -0.4 is 5.11 Å². The molecule has 1 heterocycles. The molecule has 1 aliphatic heterocycles. The van der Waals surface area contributed by atoms with Crippen LogP contribution in [0.5, 0.6) is 0 Å². The molecule has 5 heteroatoms. The number of hydrogen-bond acceptors (Lipinski definition) is 4. The van der Waals surface area contributed by atoms with E-state index in [1.165, 1.54) is 0 Å². The highest BCUT2D eigenvalue weighted by atomic mass is 16.4. The molecule has 0 atom stereocenters. The molecule has 0 fully saturated rings. The van der Waals surface area contributed by atoms with Crippen molar-refractivity contribution in [2.45, 2.75) is 12.8 Å². The molecular formula is C16H12NO4-. The lowest BCUT2D eigenvalue weighted by atomic mass is 9.94. The van der Waals surface area contributed by atoms with Crippen LogP contribution in [0.4, 0.5) is 0 Å². The highest BCUT2D eigenvalue weighted by Gasteiger charge is 2.31. The molecule has 0 unspecified atom stereocenters. The zero-order chi connectivity index (χ0) is 15.0. The standard InChI is InChI=1S/C16H13NO4/c18-13(19)8-3-9-17-15(20)11-6-1-4-10-5-2-7-12(14(10)11)16(17)21/h1-2,4-7H,3,8-9H2,(H,18,19)/p-1. The summed E-state index contributed by atoms with van der Waals surface area (Å²) in [5, 5.41) is 12.0. The minimum absolute atomic E-state index is 0.0797. The SMILES string of the molecule is O=C([O-])CCCN1C(=O)c2cccc3cccc(c23)C1=O. The van der Waals surface area contributed by atoms with E-state index in [4.69, 9.17) is 0 Å². The molecule has 106 valence electrons. The molecule has 1 aliphatic rings. The van der Waals surface area contributed by atoms with Gasteiger partial charge in [0.15, 0.2) is 0 Å². The third-order valence-corrected chi connectivity index (χ3v) is 3.62. The summed E-state index contributed by atoms with van der Waals surface area (Å²) in [6.45, 7) is 0.0797. The summed E-state index contributed by atoms with van der Waals surface area (Å²) < 4.78 is 0. The summed E-state index contributed by atoms with van der Waals surface area (Å²) in [7, 11) is 0. The monoisotopic (exact) mass is 282 g/mol. The molecule has 0 saturated heterocycles. The van der Waals surface area contributed by atoms with Gasteiger partial charge in [-0.25, -0.2) is 0 Å². The van der Waals surface area contributed by atoms with Crippen molar-refractivity contribution >= 4 is 28.6 Å². The van der Waals surface area contributed by atoms with Crippen molar-refractivity contribution in [1.29, 1.82) is 0 Å². The molecule has 2 aromatic carbocycles. The zero-order valence-electron chi connectivity index (χ0n) is 11.2. The number of imide groups is 1. The summed E-state index contributed by atoms with van der Waals surface area (Å²) in [5.41, 5.74) is 0.965. The second-order valence-electron chi connectivity index (χ2n) is 4.95. The van der Waals surface area contributed by atoms with Crippen LogP contribution >= 0.6 is 0 Å². The first kappa shape index (κ1) is 13.3. The number of carboxylic acids is 1. The lowest BCUT2D eigenvalue weighted by Crippen LogP contribution is -2.41. The molecule has 0 aromatic heterocycles. The molecule has 21 heavy (non-hydrogen) atoms. The van der Waals surface area contributed by atoms with Gasteiger partial charge < -0.3 is 9.90 Å². The predicted octanol–water partition coefficient (Wildman–Crippen LogP) is 0.966. The number of carbonyl (C=O) groups excluding carboxylic acids is 3. The molecule has 0 saturated carbocycles. The number of aliphatic carboxylic acids is 1. The van der Waals surface area contributed by atoms with Gasteiger partial charge in [0.05, 0.1) is 0 Å². The van der Waals surface area contributed by atoms with Gasteiger partial charge in [-0.2, -0.15) is 0 Å². The Bertz CT molecular complexity index is 715. The third-order valence-electron chi connectivity index (χ3n) is 3.62. The van der Waals surface area contributed by atoms with Crippen LogP contribution in [0, 0.1) is 0 Å². The Balaban J connectivity index is 2.01. The number of amides is 2. The lowest BCUT2D eigenvalue weighted by Gasteiger charge is -2.27. The summed E-state index contributed by atoms with van der Waals surface area (Å²) >= 11 is 0. The predicted molar refractivity (Wildman–Crippen MR) is 73.6 cm³/mol. The molecule has 3 rings (SSSR count). The van der Waals surface area contributed by atoms with Gasteiger partial charge in [-0.15, -0.1) is 0 Å². The van der Waals surface area contributed by atoms with Crippen molar-refractivity contribution in [3.8, 4) is 0 Å². The first-order valence-electron chi connectivity index (χ1n) is 6.67. The number of rotatable bonds is 4. The average molecular weight is 282 g/mol. The van der Waals surface area contributed by atoms with Gasteiger partial charge in [0, 0.05) is 29.0 Å². The summed E-state index contributed by atoms with van der Waals surface area (Å²) in [6.07, 6.45) is 0.0147. The second-order valence-corrected chi connectivity index (χ2v) is 4.95. The van der Waals surface area contributed by atoms with Crippen molar-refractivity contribution < 1.29 is 19.5 Å². The van der Waals surface area contributed by atoms with Gasteiger partial charge in [0.2, 0.25) is 0 Å². The van der Waals surface area contributed by atoms with E-state index in [2.05, 4.69) is 0 Å². The van der Waals surface area contributed by atoms with Gasteiger partial charge in [-0.1, -0.05) is 24.3 Å². The Morgan fingerprint density at radius 3 is 2.10 bits per heavy atom. The van der Waals surface area contributed by atoms with Crippen LogP contribution in [0.25, 0.3) is 10.8 Å². The maximum absolute atomic E-state index is 12.4. The van der Waals surface area contributed by atoms with E-state index < -0.39 is 5.97 Å². The highest BCUT2D eigenvalue weighted by molar-refractivity contribution is 6.25. The zero-order valence-corrected chi connectivity index (χ0v) is 11.2. The van der Waals surface area contributed by atoms with Crippen LogP contribution in [0.3, 0.4) is 0 Å². The smallest absolute Gasteiger partial charge is 0.261 e. The van der Waals surface area contributed by atoms with Gasteiger partial charge >= 0.3 is 0 Å². The van der Waals surface area contributed by atoms with Crippen molar-refractivity contribution in [3.63, 3.8) is 0 Å². The van der Waals surface area contributed by atoms with Gasteiger partial charge in [-0.3, -0.25) is 14.5 Å². The Labute approximate surface area is 120 Å². The molecule has 0 aliphatic carbocycles. The molecular weight excluding hydrogens is 270 g/mol. The first-order chi connectivity index (χ1) is 10.1. The van der Waals surface area contributed by atoms with E-state index in [9.17, 15) is 19.5 Å². The first-order valence-corrected chi connectivity index (χ1v) is 6.67. The summed E-state index contributed by atoms with van der Waals surface area (Å²) in [5.74, 6) is -1.93. The van der Waals surface area contributed by atoms with Crippen molar-refractivity contribution in [2.24, 2.45) is 0 Å². The maximum atomic E-state index is 12.4. The molecule has 2 aromatic rings. The van der Waals surface area contributed by atoms with E-state index in [-0.39, 0.29) is 31.2 Å². The topological polar surface area (TPSA) is 77.5 Å². The number of carboxylic acid groups (broad SMARTS) is 1. The van der Waals surface area contributed by atoms with Gasteiger partial charge in [-0.05, 0) is 30.4 Å². The van der Waals surface area contributed by atoms with Crippen LogP contribution in [0.15, 0.2) is 36.4 Å². The van der Waals surface area contributed by atoms with Crippen LogP contribution in [-0.2, 0) is 4.79 Å². The Hall–Kier alpha value is -2.69. The number of carbonyl (C=O) groups is 3. The summed E-state index contributed by atoms with van der Waals surface area (Å²) in [4.78, 5) is 36.4. The van der Waals surface area contributed by atoms with Crippen molar-refractivity contribution in [2.75, 3.05) is 6.54 Å². The fraction of sp³-hybridized carbons (Fsp3) is 0.188. The third kappa shape index (κ3) is 2.16. The van der Waals surface area contributed by atoms with Crippen LogP contribution in [0.2, 0.25) is 0 Å². The van der Waals surface area contributed by atoms with E-state index in [1.54, 1.807) is 24.3 Å². The maximum Gasteiger partial charge on any atom is 0.261 e. The molecule has 5 nitrogen and oxygen atoms in total. The fourth-order valence-corrected chi connectivity index (χ4v) is 2.67. The summed E-state index contributed by atoms with van der Waals surface area (Å²) in [6, 6.07) is 10.6. The highest BCUT2D eigenvalue weighted by Crippen LogP contribution is 2.29. The molecule has 2 amide bonds.